The maximum absolute atomic E-state index is 13.6. The second-order valence-corrected chi connectivity index (χ2v) is 6.86. The molecule has 0 saturated heterocycles. The van der Waals surface area contributed by atoms with Crippen LogP contribution in [0, 0.1) is 23.4 Å². The normalized spacial score (nSPS) is 18.1. The number of nitrogens with one attached hydrogen (secondary N) is 1. The molecule has 0 amide bonds. The summed E-state index contributed by atoms with van der Waals surface area (Å²) in [6.07, 6.45) is 3.59. The molecule has 2 rings (SSSR count). The minimum Gasteiger partial charge on any atom is -0.329 e. The number of sulfonamides is 1. The van der Waals surface area contributed by atoms with E-state index >= 15 is 0 Å². The molecule has 3 N–H and O–H groups in total. The van der Waals surface area contributed by atoms with Gasteiger partial charge in [0.05, 0.1) is 0 Å². The van der Waals surface area contributed by atoms with E-state index in [-0.39, 0.29) is 12.5 Å². The highest BCUT2D eigenvalue weighted by atomic mass is 32.2. The van der Waals surface area contributed by atoms with Crippen LogP contribution < -0.4 is 10.5 Å². The monoisotopic (exact) mass is 322 g/mol. The molecule has 118 valence electrons. The predicted octanol–water partition coefficient (Wildman–Crippen LogP) is 1.90. The molecule has 0 bridgehead atoms. The molecular formula is C13H17F3N2O2S. The number of halogens is 3. The molecule has 1 aliphatic rings. The van der Waals surface area contributed by atoms with Crippen molar-refractivity contribution in [1.82, 2.24) is 4.72 Å². The van der Waals surface area contributed by atoms with Gasteiger partial charge in [-0.15, -0.1) is 0 Å². The van der Waals surface area contributed by atoms with Crippen LogP contribution in [0.1, 0.15) is 25.7 Å². The smallest absolute Gasteiger partial charge is 0.246 e. The quantitative estimate of drug-likeness (QED) is 0.870. The van der Waals surface area contributed by atoms with E-state index < -0.39 is 38.4 Å². The molecule has 1 unspecified atom stereocenters. The number of benzene rings is 1. The van der Waals surface area contributed by atoms with E-state index in [1.165, 1.54) is 0 Å². The van der Waals surface area contributed by atoms with Gasteiger partial charge in [0, 0.05) is 24.7 Å². The second-order valence-electron chi connectivity index (χ2n) is 5.21. The Hall–Kier alpha value is -1.12. The van der Waals surface area contributed by atoms with E-state index in [0.29, 0.717) is 12.1 Å². The first-order valence-electron chi connectivity index (χ1n) is 6.72. The zero-order chi connectivity index (χ0) is 15.6. The second kappa shape index (κ2) is 6.33. The first-order chi connectivity index (χ1) is 9.85. The third kappa shape index (κ3) is 3.56. The molecule has 8 heteroatoms. The van der Waals surface area contributed by atoms with Crippen molar-refractivity contribution in [1.29, 1.82) is 0 Å². The molecule has 1 aromatic carbocycles. The van der Waals surface area contributed by atoms with Gasteiger partial charge in [-0.2, -0.15) is 0 Å². The van der Waals surface area contributed by atoms with Crippen LogP contribution >= 0.6 is 0 Å². The molecule has 1 fully saturated rings. The number of nitrogens with two attached hydrogens (primary N) is 1. The summed E-state index contributed by atoms with van der Waals surface area (Å²) in [5.74, 6) is -4.03. The summed E-state index contributed by atoms with van der Waals surface area (Å²) in [7, 11) is -4.43. The SMILES string of the molecule is NCC(NS(=O)(=O)c1c(F)cc(F)cc1F)C1CCCC1. The Kier molecular flexibility index (Phi) is 4.90. The van der Waals surface area contributed by atoms with Gasteiger partial charge in [0.2, 0.25) is 10.0 Å². The summed E-state index contributed by atoms with van der Waals surface area (Å²) in [6.45, 7) is 0.0360. The van der Waals surface area contributed by atoms with E-state index in [1.54, 1.807) is 0 Å². The Morgan fingerprint density at radius 1 is 1.19 bits per heavy atom. The van der Waals surface area contributed by atoms with Crippen LogP contribution in [0.3, 0.4) is 0 Å². The Balaban J connectivity index is 2.29. The van der Waals surface area contributed by atoms with Gasteiger partial charge in [-0.1, -0.05) is 12.8 Å². The fourth-order valence-corrected chi connectivity index (χ4v) is 4.18. The molecule has 0 heterocycles. The van der Waals surface area contributed by atoms with Crippen LogP contribution in [-0.4, -0.2) is 21.0 Å². The van der Waals surface area contributed by atoms with E-state index in [0.717, 1.165) is 25.7 Å². The number of hydrogen-bond acceptors (Lipinski definition) is 3. The van der Waals surface area contributed by atoms with Crippen molar-refractivity contribution in [3.05, 3.63) is 29.6 Å². The van der Waals surface area contributed by atoms with Crippen molar-refractivity contribution in [3.63, 3.8) is 0 Å². The summed E-state index contributed by atoms with van der Waals surface area (Å²) < 4.78 is 66.6. The Morgan fingerprint density at radius 3 is 2.19 bits per heavy atom. The average Bonchev–Trinajstić information content (AvgIpc) is 2.87. The van der Waals surface area contributed by atoms with Gasteiger partial charge in [0.15, 0.2) is 4.90 Å². The Bertz CT molecular complexity index is 593. The summed E-state index contributed by atoms with van der Waals surface area (Å²) in [4.78, 5) is -1.17. The summed E-state index contributed by atoms with van der Waals surface area (Å²) >= 11 is 0. The lowest BCUT2D eigenvalue weighted by molar-refractivity contribution is 0.402. The van der Waals surface area contributed by atoms with E-state index in [1.807, 2.05) is 0 Å². The molecule has 0 spiro atoms. The van der Waals surface area contributed by atoms with Crippen molar-refractivity contribution in [3.8, 4) is 0 Å². The van der Waals surface area contributed by atoms with Crippen LogP contribution in [0.4, 0.5) is 13.2 Å². The first kappa shape index (κ1) is 16.3. The van der Waals surface area contributed by atoms with Crippen LogP contribution in [0.15, 0.2) is 17.0 Å². The van der Waals surface area contributed by atoms with Crippen molar-refractivity contribution >= 4 is 10.0 Å². The zero-order valence-electron chi connectivity index (χ0n) is 11.3. The standard InChI is InChI=1S/C13H17F3N2O2S/c14-9-5-10(15)13(11(16)6-9)21(19,20)18-12(7-17)8-3-1-2-4-8/h5-6,8,12,18H,1-4,7,17H2. The highest BCUT2D eigenvalue weighted by Gasteiger charge is 2.31. The van der Waals surface area contributed by atoms with Gasteiger partial charge >= 0.3 is 0 Å². The van der Waals surface area contributed by atoms with Crippen molar-refractivity contribution < 1.29 is 21.6 Å². The summed E-state index contributed by atoms with van der Waals surface area (Å²) in [6, 6.07) is 0.0938. The molecule has 1 aromatic rings. The van der Waals surface area contributed by atoms with E-state index in [2.05, 4.69) is 4.72 Å². The minimum absolute atomic E-state index is 0.0360. The van der Waals surface area contributed by atoms with Crippen molar-refractivity contribution in [2.24, 2.45) is 11.7 Å². The van der Waals surface area contributed by atoms with Crippen LogP contribution in [0.2, 0.25) is 0 Å². The van der Waals surface area contributed by atoms with Gasteiger partial charge in [-0.05, 0) is 18.8 Å². The molecule has 0 aromatic heterocycles. The molecule has 1 aliphatic carbocycles. The highest BCUT2D eigenvalue weighted by molar-refractivity contribution is 7.89. The maximum atomic E-state index is 13.6. The van der Waals surface area contributed by atoms with Gasteiger partial charge in [0.25, 0.3) is 0 Å². The van der Waals surface area contributed by atoms with Crippen LogP contribution in [0.5, 0.6) is 0 Å². The lowest BCUT2D eigenvalue weighted by Gasteiger charge is -2.23. The van der Waals surface area contributed by atoms with E-state index in [9.17, 15) is 21.6 Å². The fourth-order valence-electron chi connectivity index (χ4n) is 2.74. The predicted molar refractivity (Wildman–Crippen MR) is 71.4 cm³/mol. The third-order valence-electron chi connectivity index (χ3n) is 3.76. The van der Waals surface area contributed by atoms with Gasteiger partial charge in [-0.25, -0.2) is 26.3 Å². The summed E-state index contributed by atoms with van der Waals surface area (Å²) in [5, 5.41) is 0. The minimum atomic E-state index is -4.43. The average molecular weight is 322 g/mol. The largest absolute Gasteiger partial charge is 0.329 e. The van der Waals surface area contributed by atoms with Gasteiger partial charge in [0.1, 0.15) is 17.5 Å². The lowest BCUT2D eigenvalue weighted by atomic mass is 9.99. The van der Waals surface area contributed by atoms with Crippen LogP contribution in [-0.2, 0) is 10.0 Å². The molecule has 1 atom stereocenters. The van der Waals surface area contributed by atoms with Crippen molar-refractivity contribution in [2.45, 2.75) is 36.6 Å². The zero-order valence-corrected chi connectivity index (χ0v) is 12.1. The summed E-state index contributed by atoms with van der Waals surface area (Å²) in [5.41, 5.74) is 5.56. The number of hydrogen-bond donors (Lipinski definition) is 2. The third-order valence-corrected chi connectivity index (χ3v) is 5.30. The van der Waals surface area contributed by atoms with Gasteiger partial charge < -0.3 is 5.73 Å². The molecule has 21 heavy (non-hydrogen) atoms. The molecule has 1 saturated carbocycles. The Labute approximate surface area is 121 Å². The maximum Gasteiger partial charge on any atom is 0.246 e. The fraction of sp³-hybridized carbons (Fsp3) is 0.538. The van der Waals surface area contributed by atoms with E-state index in [4.69, 9.17) is 5.73 Å². The van der Waals surface area contributed by atoms with Crippen LogP contribution in [0.25, 0.3) is 0 Å². The first-order valence-corrected chi connectivity index (χ1v) is 8.20. The molecule has 0 radical (unpaired) electrons. The Morgan fingerprint density at radius 2 is 1.71 bits per heavy atom. The van der Waals surface area contributed by atoms with Gasteiger partial charge in [-0.3, -0.25) is 0 Å². The topological polar surface area (TPSA) is 72.2 Å². The lowest BCUT2D eigenvalue weighted by Crippen LogP contribution is -2.45. The van der Waals surface area contributed by atoms with Crippen molar-refractivity contribution in [2.75, 3.05) is 6.54 Å². The highest BCUT2D eigenvalue weighted by Crippen LogP contribution is 2.29. The number of rotatable bonds is 5. The molecular weight excluding hydrogens is 305 g/mol. The molecule has 0 aliphatic heterocycles. The molecule has 4 nitrogen and oxygen atoms in total.